The maximum absolute atomic E-state index is 10.0. The van der Waals surface area contributed by atoms with E-state index >= 15 is 0 Å². The summed E-state index contributed by atoms with van der Waals surface area (Å²) < 4.78 is 0. The van der Waals surface area contributed by atoms with Crippen molar-refractivity contribution in [3.63, 3.8) is 0 Å². The van der Waals surface area contributed by atoms with Gasteiger partial charge < -0.3 is 10.1 Å². The van der Waals surface area contributed by atoms with Crippen LogP contribution in [0.25, 0.3) is 10.9 Å². The number of H-pyrrole nitrogens is 1. The number of hydrogen-bond acceptors (Lipinski definition) is 3. The van der Waals surface area contributed by atoms with Gasteiger partial charge in [-0.3, -0.25) is 0 Å². The highest BCUT2D eigenvalue weighted by atomic mass is 35.5. The van der Waals surface area contributed by atoms with E-state index < -0.39 is 0 Å². The van der Waals surface area contributed by atoms with Crippen LogP contribution in [0.3, 0.4) is 0 Å². The van der Waals surface area contributed by atoms with E-state index in [2.05, 4.69) is 22.1 Å². The van der Waals surface area contributed by atoms with Crippen molar-refractivity contribution in [3.05, 3.63) is 52.0 Å². The molecule has 0 saturated heterocycles. The lowest BCUT2D eigenvalue weighted by Crippen LogP contribution is -1.78. The monoisotopic (exact) mass is 333 g/mol. The third-order valence-corrected chi connectivity index (χ3v) is 3.93. The molecule has 1 heterocycles. The number of azo groups is 1. The van der Waals surface area contributed by atoms with Crippen molar-refractivity contribution in [3.8, 4) is 5.88 Å². The van der Waals surface area contributed by atoms with Crippen LogP contribution >= 0.6 is 23.2 Å². The normalized spacial score (nSPS) is 11.6. The lowest BCUT2D eigenvalue weighted by Gasteiger charge is -1.98. The molecular weight excluding hydrogens is 321 g/mol. The maximum atomic E-state index is 10.0. The smallest absolute Gasteiger partial charge is 0.218 e. The van der Waals surface area contributed by atoms with Crippen LogP contribution in [0.1, 0.15) is 12.5 Å². The van der Waals surface area contributed by atoms with E-state index in [0.29, 0.717) is 21.4 Å². The first-order valence-corrected chi connectivity index (χ1v) is 7.54. The molecule has 0 spiro atoms. The number of rotatable bonds is 3. The number of hydrogen-bond donors (Lipinski definition) is 2. The van der Waals surface area contributed by atoms with Crippen LogP contribution in [0.15, 0.2) is 46.6 Å². The van der Waals surface area contributed by atoms with Crippen LogP contribution in [-0.4, -0.2) is 10.1 Å². The van der Waals surface area contributed by atoms with E-state index in [9.17, 15) is 5.11 Å². The molecular formula is C16H13Cl2N3O. The minimum absolute atomic E-state index is 0.0166. The van der Waals surface area contributed by atoms with Gasteiger partial charge in [0, 0.05) is 10.4 Å². The Bertz CT molecular complexity index is 871. The van der Waals surface area contributed by atoms with Crippen molar-refractivity contribution in [1.82, 2.24) is 4.98 Å². The summed E-state index contributed by atoms with van der Waals surface area (Å²) in [6, 6.07) is 10.9. The summed E-state index contributed by atoms with van der Waals surface area (Å²) in [6.45, 7) is 2.07. The van der Waals surface area contributed by atoms with Crippen LogP contribution in [0.2, 0.25) is 10.0 Å². The second kappa shape index (κ2) is 5.99. The van der Waals surface area contributed by atoms with Crippen molar-refractivity contribution in [2.24, 2.45) is 10.2 Å². The summed E-state index contributed by atoms with van der Waals surface area (Å²) in [5.41, 5.74) is 2.86. The average Bonchev–Trinajstić information content (AvgIpc) is 2.81. The molecule has 6 heteroatoms. The lowest BCUT2D eigenvalue weighted by molar-refractivity contribution is 0.459. The maximum Gasteiger partial charge on any atom is 0.218 e. The first-order chi connectivity index (χ1) is 10.6. The van der Waals surface area contributed by atoms with Gasteiger partial charge in [0.15, 0.2) is 5.69 Å². The second-order valence-corrected chi connectivity index (χ2v) is 5.70. The molecule has 2 aromatic carbocycles. The number of aryl methyl sites for hydroxylation is 1. The number of nitrogens with one attached hydrogen (secondary N) is 1. The van der Waals surface area contributed by atoms with Gasteiger partial charge in [-0.05, 0) is 42.3 Å². The molecule has 0 fully saturated rings. The zero-order valence-corrected chi connectivity index (χ0v) is 13.3. The molecule has 0 saturated carbocycles. The Kier molecular flexibility index (Phi) is 4.05. The first kappa shape index (κ1) is 14.9. The molecule has 1 aromatic heterocycles. The minimum Gasteiger partial charge on any atom is -0.493 e. The minimum atomic E-state index is -0.0166. The molecule has 0 aliphatic heterocycles. The Morgan fingerprint density at radius 2 is 1.91 bits per heavy atom. The summed E-state index contributed by atoms with van der Waals surface area (Å²) in [6.07, 6.45) is 0.904. The third kappa shape index (κ3) is 2.80. The third-order valence-electron chi connectivity index (χ3n) is 3.39. The molecule has 0 radical (unpaired) electrons. The summed E-state index contributed by atoms with van der Waals surface area (Å²) >= 11 is 11.9. The highest BCUT2D eigenvalue weighted by molar-refractivity contribution is 6.36. The van der Waals surface area contributed by atoms with Crippen molar-refractivity contribution < 1.29 is 5.11 Å². The van der Waals surface area contributed by atoms with Gasteiger partial charge >= 0.3 is 0 Å². The quantitative estimate of drug-likeness (QED) is 0.554. The Morgan fingerprint density at radius 1 is 1.09 bits per heavy atom. The van der Waals surface area contributed by atoms with E-state index in [0.717, 1.165) is 22.9 Å². The number of fused-ring (bicyclic) bond motifs is 1. The zero-order valence-electron chi connectivity index (χ0n) is 11.8. The van der Waals surface area contributed by atoms with Gasteiger partial charge in [0.2, 0.25) is 5.88 Å². The van der Waals surface area contributed by atoms with Crippen LogP contribution < -0.4 is 0 Å². The van der Waals surface area contributed by atoms with Crippen molar-refractivity contribution in [2.75, 3.05) is 0 Å². The van der Waals surface area contributed by atoms with E-state index in [-0.39, 0.29) is 5.88 Å². The van der Waals surface area contributed by atoms with Crippen LogP contribution in [0.4, 0.5) is 11.4 Å². The standard InChI is InChI=1S/C16H13Cl2N3O/c1-2-9-3-5-13-11(7-9)15(16(22)19-13)21-20-14-6-4-10(17)8-12(14)18/h3-8,19,22H,2H2,1H3. The molecule has 0 atom stereocenters. The molecule has 22 heavy (non-hydrogen) atoms. The van der Waals surface area contributed by atoms with Gasteiger partial charge in [-0.15, -0.1) is 10.2 Å². The van der Waals surface area contributed by atoms with Gasteiger partial charge in [0.1, 0.15) is 5.69 Å². The second-order valence-electron chi connectivity index (χ2n) is 4.85. The molecule has 3 aromatic rings. The Balaban J connectivity index is 2.06. The predicted octanol–water partition coefficient (Wildman–Crippen LogP) is 6.16. The molecule has 0 aliphatic carbocycles. The van der Waals surface area contributed by atoms with Gasteiger partial charge in [-0.25, -0.2) is 0 Å². The fourth-order valence-corrected chi connectivity index (χ4v) is 2.64. The summed E-state index contributed by atoms with van der Waals surface area (Å²) in [5, 5.41) is 20.0. The highest BCUT2D eigenvalue weighted by Gasteiger charge is 2.11. The van der Waals surface area contributed by atoms with E-state index in [4.69, 9.17) is 23.2 Å². The molecule has 0 aliphatic rings. The number of nitrogens with zero attached hydrogens (tertiary/aromatic N) is 2. The van der Waals surface area contributed by atoms with Gasteiger partial charge in [0.05, 0.1) is 10.5 Å². The average molecular weight is 334 g/mol. The van der Waals surface area contributed by atoms with Crippen molar-refractivity contribution in [2.45, 2.75) is 13.3 Å². The summed E-state index contributed by atoms with van der Waals surface area (Å²) in [7, 11) is 0. The van der Waals surface area contributed by atoms with E-state index in [1.165, 1.54) is 0 Å². The Labute approximate surface area is 137 Å². The number of benzene rings is 2. The first-order valence-electron chi connectivity index (χ1n) is 6.79. The van der Waals surface area contributed by atoms with E-state index in [1.54, 1.807) is 18.2 Å². The Morgan fingerprint density at radius 3 is 2.64 bits per heavy atom. The zero-order chi connectivity index (χ0) is 15.7. The molecule has 3 rings (SSSR count). The summed E-state index contributed by atoms with van der Waals surface area (Å²) in [4.78, 5) is 2.89. The summed E-state index contributed by atoms with van der Waals surface area (Å²) in [5.74, 6) is -0.0166. The van der Waals surface area contributed by atoms with Crippen LogP contribution in [0, 0.1) is 0 Å². The Hall–Kier alpha value is -2.04. The fraction of sp³-hybridized carbons (Fsp3) is 0.125. The molecule has 0 unspecified atom stereocenters. The molecule has 0 bridgehead atoms. The van der Waals surface area contributed by atoms with E-state index in [1.807, 2.05) is 18.2 Å². The van der Waals surface area contributed by atoms with Gasteiger partial charge in [-0.2, -0.15) is 0 Å². The predicted molar refractivity (Wildman–Crippen MR) is 90.0 cm³/mol. The number of aromatic hydroxyl groups is 1. The van der Waals surface area contributed by atoms with Gasteiger partial charge in [-0.1, -0.05) is 36.2 Å². The van der Waals surface area contributed by atoms with Crippen molar-refractivity contribution >= 4 is 45.5 Å². The fourth-order valence-electron chi connectivity index (χ4n) is 2.20. The molecule has 2 N–H and O–H groups in total. The molecule has 112 valence electrons. The number of aromatic nitrogens is 1. The van der Waals surface area contributed by atoms with Crippen LogP contribution in [-0.2, 0) is 6.42 Å². The lowest BCUT2D eigenvalue weighted by atomic mass is 10.1. The molecule has 4 nitrogen and oxygen atoms in total. The number of halogens is 2. The topological polar surface area (TPSA) is 60.7 Å². The highest BCUT2D eigenvalue weighted by Crippen LogP contribution is 2.38. The van der Waals surface area contributed by atoms with Crippen LogP contribution in [0.5, 0.6) is 5.88 Å². The number of aromatic amines is 1. The van der Waals surface area contributed by atoms with Gasteiger partial charge in [0.25, 0.3) is 0 Å². The van der Waals surface area contributed by atoms with Crippen molar-refractivity contribution in [1.29, 1.82) is 0 Å². The molecule has 0 amide bonds. The SMILES string of the molecule is CCc1ccc2[nH]c(O)c(N=Nc3ccc(Cl)cc3Cl)c2c1. The largest absolute Gasteiger partial charge is 0.493 e.